The van der Waals surface area contributed by atoms with Gasteiger partial charge >= 0.3 is 5.97 Å². The third-order valence-corrected chi connectivity index (χ3v) is 1.04. The number of aliphatic hydroxyl groups is 2. The van der Waals surface area contributed by atoms with Crippen molar-refractivity contribution in [3.63, 3.8) is 0 Å². The molecule has 0 radical (unpaired) electrons. The summed E-state index contributed by atoms with van der Waals surface area (Å²) < 4.78 is 4.44. The molecular weight excluding hydrogens is 164 g/mol. The fourth-order valence-corrected chi connectivity index (χ4v) is 0.496. The zero-order valence-corrected chi connectivity index (χ0v) is 6.82. The van der Waals surface area contributed by atoms with Gasteiger partial charge in [0.05, 0.1) is 6.61 Å². The van der Waals surface area contributed by atoms with Crippen molar-refractivity contribution in [3.05, 3.63) is 0 Å². The Kier molecular flexibility index (Phi) is 5.23. The van der Waals surface area contributed by atoms with E-state index in [4.69, 9.17) is 10.2 Å². The molecule has 0 aliphatic rings. The molecule has 0 aliphatic carbocycles. The highest BCUT2D eigenvalue weighted by Gasteiger charge is 2.09. The average molecular weight is 176 g/mol. The average Bonchev–Trinajstić information content (AvgIpc) is 1.99. The lowest BCUT2D eigenvalue weighted by molar-refractivity contribution is -0.149. The molecule has 0 amide bonds. The number of carbonyl (C=O) groups excluding carboxylic acids is 2. The van der Waals surface area contributed by atoms with Crippen molar-refractivity contribution in [1.29, 1.82) is 0 Å². The SMILES string of the molecule is CC(=O)CC(=O)OC[C@@H](O)CO. The topological polar surface area (TPSA) is 83.8 Å². The summed E-state index contributed by atoms with van der Waals surface area (Å²) in [5.74, 6) is -0.978. The minimum Gasteiger partial charge on any atom is -0.463 e. The van der Waals surface area contributed by atoms with E-state index < -0.39 is 18.7 Å². The van der Waals surface area contributed by atoms with Gasteiger partial charge in [-0.3, -0.25) is 9.59 Å². The Balaban J connectivity index is 3.50. The summed E-state index contributed by atoms with van der Waals surface area (Å²) in [4.78, 5) is 21.0. The van der Waals surface area contributed by atoms with Crippen LogP contribution in [0.25, 0.3) is 0 Å². The first-order chi connectivity index (χ1) is 5.56. The largest absolute Gasteiger partial charge is 0.463 e. The molecule has 0 heterocycles. The van der Waals surface area contributed by atoms with E-state index >= 15 is 0 Å². The first-order valence-electron chi connectivity index (χ1n) is 3.50. The molecular formula is C7H12O5. The highest BCUT2D eigenvalue weighted by atomic mass is 16.5. The lowest BCUT2D eigenvalue weighted by Crippen LogP contribution is -2.22. The van der Waals surface area contributed by atoms with Crippen LogP contribution in [0.2, 0.25) is 0 Å². The number of esters is 1. The summed E-state index contributed by atoms with van der Waals surface area (Å²) in [6.45, 7) is 0.527. The van der Waals surface area contributed by atoms with Crippen LogP contribution in [-0.2, 0) is 14.3 Å². The molecule has 0 aliphatic heterocycles. The summed E-state index contributed by atoms with van der Waals surface area (Å²) in [5, 5.41) is 17.1. The smallest absolute Gasteiger partial charge is 0.313 e. The monoisotopic (exact) mass is 176 g/mol. The van der Waals surface area contributed by atoms with Gasteiger partial charge in [-0.25, -0.2) is 0 Å². The predicted octanol–water partition coefficient (Wildman–Crippen LogP) is -1.14. The van der Waals surface area contributed by atoms with Crippen molar-refractivity contribution in [2.45, 2.75) is 19.4 Å². The summed E-state index contributed by atoms with van der Waals surface area (Å²) in [7, 11) is 0. The van der Waals surface area contributed by atoms with Gasteiger partial charge in [0.25, 0.3) is 0 Å². The van der Waals surface area contributed by atoms with Crippen LogP contribution in [0, 0.1) is 0 Å². The summed E-state index contributed by atoms with van der Waals surface area (Å²) in [6.07, 6.45) is -1.36. The van der Waals surface area contributed by atoms with Crippen LogP contribution in [-0.4, -0.2) is 41.3 Å². The summed E-state index contributed by atoms with van der Waals surface area (Å²) in [5.41, 5.74) is 0. The molecule has 0 bridgehead atoms. The van der Waals surface area contributed by atoms with Crippen molar-refractivity contribution < 1.29 is 24.5 Å². The number of carbonyl (C=O) groups is 2. The van der Waals surface area contributed by atoms with Crippen molar-refractivity contribution >= 4 is 11.8 Å². The molecule has 0 aromatic carbocycles. The zero-order chi connectivity index (χ0) is 9.56. The maximum atomic E-state index is 10.6. The van der Waals surface area contributed by atoms with E-state index in [9.17, 15) is 9.59 Å². The maximum Gasteiger partial charge on any atom is 0.313 e. The van der Waals surface area contributed by atoms with Crippen LogP contribution in [0.1, 0.15) is 13.3 Å². The quantitative estimate of drug-likeness (QED) is 0.408. The fourth-order valence-electron chi connectivity index (χ4n) is 0.496. The molecule has 1 atom stereocenters. The van der Waals surface area contributed by atoms with Crippen LogP contribution in [0.4, 0.5) is 0 Å². The normalized spacial score (nSPS) is 12.2. The Bertz CT molecular complexity index is 165. The molecule has 0 aromatic rings. The van der Waals surface area contributed by atoms with Crippen molar-refractivity contribution in [1.82, 2.24) is 0 Å². The van der Waals surface area contributed by atoms with Crippen molar-refractivity contribution in [2.24, 2.45) is 0 Å². The van der Waals surface area contributed by atoms with E-state index in [0.717, 1.165) is 0 Å². The van der Waals surface area contributed by atoms with E-state index in [1.165, 1.54) is 6.92 Å². The van der Waals surface area contributed by atoms with Crippen LogP contribution < -0.4 is 0 Å². The molecule has 0 saturated carbocycles. The van der Waals surface area contributed by atoms with E-state index in [1.807, 2.05) is 0 Å². The van der Waals surface area contributed by atoms with Crippen molar-refractivity contribution in [2.75, 3.05) is 13.2 Å². The van der Waals surface area contributed by atoms with Gasteiger partial charge in [-0.05, 0) is 6.92 Å². The Morgan fingerprint density at radius 2 is 2.08 bits per heavy atom. The van der Waals surface area contributed by atoms with Gasteiger partial charge in [-0.1, -0.05) is 0 Å². The second-order valence-corrected chi connectivity index (χ2v) is 2.40. The van der Waals surface area contributed by atoms with Gasteiger partial charge in [0.1, 0.15) is 24.9 Å². The van der Waals surface area contributed by atoms with Crippen LogP contribution in [0.5, 0.6) is 0 Å². The fraction of sp³-hybridized carbons (Fsp3) is 0.714. The standard InChI is InChI=1S/C7H12O5/c1-5(9)2-7(11)12-4-6(10)3-8/h6,8,10H,2-4H2,1H3/t6-/m0/s1. The number of ether oxygens (including phenoxy) is 1. The lowest BCUT2D eigenvalue weighted by atomic mass is 10.3. The van der Waals surface area contributed by atoms with Crippen molar-refractivity contribution in [3.8, 4) is 0 Å². The summed E-state index contributed by atoms with van der Waals surface area (Å²) >= 11 is 0. The molecule has 2 N–H and O–H groups in total. The number of Topliss-reactive ketones (excluding diaryl/α,β-unsaturated/α-hetero) is 1. The second kappa shape index (κ2) is 5.68. The van der Waals surface area contributed by atoms with Gasteiger partial charge in [0.15, 0.2) is 0 Å². The van der Waals surface area contributed by atoms with Gasteiger partial charge in [-0.2, -0.15) is 0 Å². The molecule has 70 valence electrons. The third kappa shape index (κ3) is 5.82. The van der Waals surface area contributed by atoms with Crippen LogP contribution in [0.15, 0.2) is 0 Å². The molecule has 0 spiro atoms. The molecule has 0 unspecified atom stereocenters. The second-order valence-electron chi connectivity index (χ2n) is 2.40. The summed E-state index contributed by atoms with van der Waals surface area (Å²) in [6, 6.07) is 0. The lowest BCUT2D eigenvalue weighted by Gasteiger charge is -2.06. The van der Waals surface area contributed by atoms with Crippen LogP contribution in [0.3, 0.4) is 0 Å². The number of hydrogen-bond acceptors (Lipinski definition) is 5. The maximum absolute atomic E-state index is 10.6. The Labute approximate surface area is 70.0 Å². The Morgan fingerprint density at radius 3 is 2.50 bits per heavy atom. The molecule has 0 fully saturated rings. The van der Waals surface area contributed by atoms with Gasteiger partial charge < -0.3 is 14.9 Å². The molecule has 5 nitrogen and oxygen atoms in total. The number of hydrogen-bond donors (Lipinski definition) is 2. The molecule has 0 saturated heterocycles. The van der Waals surface area contributed by atoms with E-state index in [-0.39, 0.29) is 18.8 Å². The molecule has 12 heavy (non-hydrogen) atoms. The highest BCUT2D eigenvalue weighted by molar-refractivity contribution is 5.94. The van der Waals surface area contributed by atoms with E-state index in [0.29, 0.717) is 0 Å². The first-order valence-corrected chi connectivity index (χ1v) is 3.50. The minimum absolute atomic E-state index is 0.275. The number of aliphatic hydroxyl groups excluding tert-OH is 2. The van der Waals surface area contributed by atoms with Gasteiger partial charge in [0.2, 0.25) is 0 Å². The van der Waals surface area contributed by atoms with E-state index in [1.54, 1.807) is 0 Å². The Morgan fingerprint density at radius 1 is 1.50 bits per heavy atom. The predicted molar refractivity (Wildman–Crippen MR) is 39.3 cm³/mol. The first kappa shape index (κ1) is 11.1. The van der Waals surface area contributed by atoms with E-state index in [2.05, 4.69) is 4.74 Å². The molecule has 5 heteroatoms. The van der Waals surface area contributed by atoms with Gasteiger partial charge in [0, 0.05) is 0 Å². The Hall–Kier alpha value is -0.940. The zero-order valence-electron chi connectivity index (χ0n) is 6.82. The highest BCUT2D eigenvalue weighted by Crippen LogP contribution is 1.90. The van der Waals surface area contributed by atoms with Crippen LogP contribution >= 0.6 is 0 Å². The minimum atomic E-state index is -1.07. The molecule has 0 aromatic heterocycles. The van der Waals surface area contributed by atoms with Gasteiger partial charge in [-0.15, -0.1) is 0 Å². The number of rotatable bonds is 5. The number of ketones is 1. The third-order valence-electron chi connectivity index (χ3n) is 1.04. The molecule has 0 rings (SSSR count).